The largest absolute Gasteiger partial charge is 0.491 e. The van der Waals surface area contributed by atoms with Crippen LogP contribution in [-0.4, -0.2) is 70.8 Å². The van der Waals surface area contributed by atoms with E-state index < -0.39 is 18.1 Å². The fraction of sp³-hybridized carbons (Fsp3) is 0.429. The first-order valence-electron chi connectivity index (χ1n) is 16.5. The van der Waals surface area contributed by atoms with Crippen molar-refractivity contribution in [2.24, 2.45) is 5.41 Å². The van der Waals surface area contributed by atoms with Crippen LogP contribution in [-0.2, 0) is 9.53 Å². The van der Waals surface area contributed by atoms with E-state index in [1.807, 2.05) is 4.90 Å². The molecule has 0 saturated carbocycles. The van der Waals surface area contributed by atoms with Gasteiger partial charge in [0, 0.05) is 37.5 Å². The lowest BCUT2D eigenvalue weighted by atomic mass is 9.76. The van der Waals surface area contributed by atoms with Gasteiger partial charge in [-0.1, -0.05) is 18.2 Å². The number of nitrogens with two attached hydrogens (primary N) is 1. The lowest BCUT2D eigenvalue weighted by Gasteiger charge is -2.39. The number of ether oxygens (including phenoxy) is 3. The number of hydrogen-bond acceptors (Lipinski definition) is 10. The summed E-state index contributed by atoms with van der Waals surface area (Å²) in [6.07, 6.45) is -3.69. The van der Waals surface area contributed by atoms with Crippen LogP contribution in [0.1, 0.15) is 50.5 Å². The maximum Gasteiger partial charge on any atom is 0.429 e. The van der Waals surface area contributed by atoms with Gasteiger partial charge in [0.1, 0.15) is 11.9 Å². The van der Waals surface area contributed by atoms with E-state index in [9.17, 15) is 22.4 Å². The second-order valence-electron chi connectivity index (χ2n) is 12.6. The van der Waals surface area contributed by atoms with Crippen molar-refractivity contribution in [2.75, 3.05) is 43.5 Å². The molecule has 1 spiro atoms. The summed E-state index contributed by atoms with van der Waals surface area (Å²) in [5, 5.41) is 7.64. The summed E-state index contributed by atoms with van der Waals surface area (Å²) in [6.45, 7) is 7.58. The van der Waals surface area contributed by atoms with Crippen molar-refractivity contribution in [3.05, 3.63) is 71.8 Å². The predicted molar refractivity (Wildman–Crippen MR) is 178 cm³/mol. The fourth-order valence-electron chi connectivity index (χ4n) is 6.64. The van der Waals surface area contributed by atoms with Gasteiger partial charge in [-0.05, 0) is 80.8 Å². The van der Waals surface area contributed by atoms with Crippen LogP contribution in [0.2, 0.25) is 0 Å². The third-order valence-electron chi connectivity index (χ3n) is 9.17. The highest BCUT2D eigenvalue weighted by atomic mass is 19.4. The highest BCUT2D eigenvalue weighted by Crippen LogP contribution is 2.43. The molecule has 15 heteroatoms. The third-order valence-corrected chi connectivity index (χ3v) is 9.17. The Morgan fingerprint density at radius 3 is 2.46 bits per heavy atom. The van der Waals surface area contributed by atoms with Crippen LogP contribution in [0.25, 0.3) is 16.8 Å². The smallest absolute Gasteiger partial charge is 0.429 e. The number of benzene rings is 2. The number of carbonyl (C=O) groups excluding carboxylic acids is 1. The molecule has 266 valence electrons. The summed E-state index contributed by atoms with van der Waals surface area (Å²) in [5.74, 6) is -1.02. The average Bonchev–Trinajstić information content (AvgIpc) is 3.70. The molecule has 3 N–H and O–H groups in total. The van der Waals surface area contributed by atoms with Gasteiger partial charge in [-0.2, -0.15) is 28.2 Å². The number of esters is 1. The monoisotopic (exact) mass is 697 g/mol. The molecular formula is C35H39F4N7O4. The molecule has 4 heterocycles. The van der Waals surface area contributed by atoms with Crippen molar-refractivity contribution < 1.29 is 36.6 Å². The molecule has 6 rings (SSSR count). The number of nitrogens with one attached hydrogen (secondary N) is 1. The highest BCUT2D eigenvalue weighted by molar-refractivity contribution is 5.76. The molecule has 2 aliphatic heterocycles. The first-order valence-corrected chi connectivity index (χ1v) is 16.5. The summed E-state index contributed by atoms with van der Waals surface area (Å²) in [7, 11) is 0. The molecule has 0 bridgehead atoms. The van der Waals surface area contributed by atoms with Crippen molar-refractivity contribution in [3.63, 3.8) is 0 Å². The van der Waals surface area contributed by atoms with Gasteiger partial charge >= 0.3 is 12.1 Å². The van der Waals surface area contributed by atoms with E-state index in [1.54, 1.807) is 39.1 Å². The standard InChI is InChI=1S/C35H39F4N7O4/c1-4-48-28-9-7-22(16-25(28)36)23-6-8-24(27(17-23)46-13-10-21(3)44-46)31(35(37,38)39)50-30-18-29(42-33(40)43-30)45-14-11-34(12-15-45)19-26(41-20-34)32(47)49-5-2/h6-10,13,16-18,26,31,41H,4-5,11-12,14-15,19-20H2,1-3H3,(H2,40,42,43)/t26-,31+/m0/s1. The van der Waals surface area contributed by atoms with E-state index >= 15 is 0 Å². The SMILES string of the molecule is CCOC(=O)[C@@H]1CC2(CCN(c3cc(O[C@H](c4ccc(-c5ccc(OCC)c(F)c5)cc4-n4ccc(C)n4)C(F)(F)F)nc(N)n3)CC2)CN1. The van der Waals surface area contributed by atoms with Gasteiger partial charge in [0.15, 0.2) is 11.6 Å². The Morgan fingerprint density at radius 2 is 1.80 bits per heavy atom. The molecule has 2 aromatic carbocycles. The van der Waals surface area contributed by atoms with Crippen molar-refractivity contribution in [2.45, 2.75) is 58.4 Å². The Morgan fingerprint density at radius 1 is 1.06 bits per heavy atom. The van der Waals surface area contributed by atoms with Crippen LogP contribution in [0.3, 0.4) is 0 Å². The summed E-state index contributed by atoms with van der Waals surface area (Å²) in [6, 6.07) is 11.3. The zero-order chi connectivity index (χ0) is 35.6. The molecule has 2 aliphatic rings. The zero-order valence-corrected chi connectivity index (χ0v) is 28.0. The molecule has 2 aromatic heterocycles. The molecule has 11 nitrogen and oxygen atoms in total. The number of piperidine rings is 1. The fourth-order valence-corrected chi connectivity index (χ4v) is 6.64. The summed E-state index contributed by atoms with van der Waals surface area (Å²) >= 11 is 0. The maximum absolute atomic E-state index is 14.9. The first kappa shape index (κ1) is 34.9. The minimum Gasteiger partial charge on any atom is -0.491 e. The molecule has 2 atom stereocenters. The van der Waals surface area contributed by atoms with E-state index in [0.717, 1.165) is 12.8 Å². The Hall–Kier alpha value is -4.92. The Kier molecular flexibility index (Phi) is 9.87. The molecule has 2 saturated heterocycles. The van der Waals surface area contributed by atoms with E-state index in [0.29, 0.717) is 55.3 Å². The van der Waals surface area contributed by atoms with Crippen LogP contribution in [0.15, 0.2) is 54.7 Å². The number of aryl methyl sites for hydroxylation is 1. The van der Waals surface area contributed by atoms with Crippen molar-refractivity contribution in [1.29, 1.82) is 0 Å². The number of carbonyl (C=O) groups is 1. The number of aromatic nitrogens is 4. The number of halogens is 4. The molecule has 4 aromatic rings. The molecule has 50 heavy (non-hydrogen) atoms. The van der Waals surface area contributed by atoms with Crippen LogP contribution in [0, 0.1) is 18.2 Å². The minimum absolute atomic E-state index is 0.0760. The maximum atomic E-state index is 14.9. The zero-order valence-electron chi connectivity index (χ0n) is 28.0. The highest BCUT2D eigenvalue weighted by Gasteiger charge is 2.46. The summed E-state index contributed by atoms with van der Waals surface area (Å²) < 4.78 is 76.9. The number of nitrogens with zero attached hydrogens (tertiary/aromatic N) is 5. The number of hydrogen-bond donors (Lipinski definition) is 2. The molecule has 2 fully saturated rings. The van der Waals surface area contributed by atoms with Crippen molar-refractivity contribution in [3.8, 4) is 28.4 Å². The van der Waals surface area contributed by atoms with Gasteiger partial charge in [0.25, 0.3) is 0 Å². The van der Waals surface area contributed by atoms with Crippen molar-refractivity contribution >= 4 is 17.7 Å². The average molecular weight is 698 g/mol. The van der Waals surface area contributed by atoms with Crippen LogP contribution in [0.4, 0.5) is 29.3 Å². The van der Waals surface area contributed by atoms with E-state index in [-0.39, 0.29) is 52.9 Å². The number of alkyl halides is 3. The van der Waals surface area contributed by atoms with Gasteiger partial charge in [-0.25, -0.2) is 9.07 Å². The second-order valence-corrected chi connectivity index (χ2v) is 12.6. The molecule has 0 radical (unpaired) electrons. The third kappa shape index (κ3) is 7.47. The van der Waals surface area contributed by atoms with Gasteiger partial charge in [-0.15, -0.1) is 0 Å². The van der Waals surface area contributed by atoms with Crippen LogP contribution < -0.4 is 25.4 Å². The second kappa shape index (κ2) is 14.1. The quantitative estimate of drug-likeness (QED) is 0.152. The molecule has 0 aliphatic carbocycles. The predicted octanol–water partition coefficient (Wildman–Crippen LogP) is 5.95. The Balaban J connectivity index is 1.28. The van der Waals surface area contributed by atoms with Gasteiger partial charge in [0.05, 0.1) is 24.6 Å². The Labute approximate surface area is 286 Å². The summed E-state index contributed by atoms with van der Waals surface area (Å²) in [5.41, 5.74) is 7.24. The number of anilines is 2. The van der Waals surface area contributed by atoms with Crippen LogP contribution >= 0.6 is 0 Å². The van der Waals surface area contributed by atoms with E-state index in [2.05, 4.69) is 20.4 Å². The first-order chi connectivity index (χ1) is 23.9. The Bertz CT molecular complexity index is 1840. The topological polar surface area (TPSA) is 130 Å². The number of nitrogen functional groups attached to an aromatic ring is 1. The van der Waals surface area contributed by atoms with Gasteiger partial charge in [-0.3, -0.25) is 4.79 Å². The lowest BCUT2D eigenvalue weighted by molar-refractivity contribution is -0.198. The minimum atomic E-state index is -4.88. The normalized spacial score (nSPS) is 17.9. The van der Waals surface area contributed by atoms with E-state index in [1.165, 1.54) is 41.1 Å². The molecule has 0 amide bonds. The number of rotatable bonds is 10. The van der Waals surface area contributed by atoms with Gasteiger partial charge in [0.2, 0.25) is 17.9 Å². The van der Waals surface area contributed by atoms with Crippen LogP contribution in [0.5, 0.6) is 11.6 Å². The molecular weight excluding hydrogens is 658 g/mol. The van der Waals surface area contributed by atoms with E-state index in [4.69, 9.17) is 19.9 Å². The molecule has 0 unspecified atom stereocenters. The van der Waals surface area contributed by atoms with Gasteiger partial charge < -0.3 is 30.2 Å². The van der Waals surface area contributed by atoms with Crippen molar-refractivity contribution in [1.82, 2.24) is 25.1 Å². The summed E-state index contributed by atoms with van der Waals surface area (Å²) in [4.78, 5) is 22.5. The lowest BCUT2D eigenvalue weighted by Crippen LogP contribution is -2.41.